The van der Waals surface area contributed by atoms with Crippen molar-refractivity contribution in [3.8, 4) is 0 Å². The summed E-state index contributed by atoms with van der Waals surface area (Å²) in [5.74, 6) is 0. The SMILES string of the molecule is COCCNC(=O)NC[C@H]1CCCN1c1ccccc1. The van der Waals surface area contributed by atoms with Gasteiger partial charge in [0.15, 0.2) is 0 Å². The van der Waals surface area contributed by atoms with Crippen LogP contribution in [0.15, 0.2) is 30.3 Å². The van der Waals surface area contributed by atoms with Gasteiger partial charge in [0.05, 0.1) is 6.61 Å². The summed E-state index contributed by atoms with van der Waals surface area (Å²) in [7, 11) is 1.62. The molecule has 1 saturated heterocycles. The van der Waals surface area contributed by atoms with Crippen molar-refractivity contribution in [2.24, 2.45) is 0 Å². The van der Waals surface area contributed by atoms with E-state index in [2.05, 4.69) is 39.8 Å². The first-order valence-electron chi connectivity index (χ1n) is 7.13. The molecule has 0 radical (unpaired) electrons. The largest absolute Gasteiger partial charge is 0.383 e. The molecule has 1 aliphatic heterocycles. The lowest BCUT2D eigenvalue weighted by molar-refractivity contribution is 0.195. The molecule has 1 aromatic carbocycles. The number of ether oxygens (including phenoxy) is 1. The predicted octanol–water partition coefficient (Wildman–Crippen LogP) is 1.60. The second-order valence-electron chi connectivity index (χ2n) is 4.95. The lowest BCUT2D eigenvalue weighted by Crippen LogP contribution is -2.44. The fourth-order valence-corrected chi connectivity index (χ4v) is 2.55. The van der Waals surface area contributed by atoms with Crippen molar-refractivity contribution < 1.29 is 9.53 Å². The number of carbonyl (C=O) groups is 1. The maximum Gasteiger partial charge on any atom is 0.314 e. The van der Waals surface area contributed by atoms with Crippen molar-refractivity contribution in [1.82, 2.24) is 10.6 Å². The minimum absolute atomic E-state index is 0.123. The molecule has 1 aromatic rings. The normalized spacial score (nSPS) is 18.1. The molecule has 1 atom stereocenters. The van der Waals surface area contributed by atoms with Crippen molar-refractivity contribution in [2.75, 3.05) is 38.3 Å². The van der Waals surface area contributed by atoms with Gasteiger partial charge in [0.2, 0.25) is 0 Å². The minimum Gasteiger partial charge on any atom is -0.383 e. The molecule has 2 rings (SSSR count). The highest BCUT2D eigenvalue weighted by molar-refractivity contribution is 5.73. The van der Waals surface area contributed by atoms with Gasteiger partial charge in [-0.05, 0) is 25.0 Å². The Morgan fingerprint density at radius 2 is 2.15 bits per heavy atom. The van der Waals surface area contributed by atoms with Crippen LogP contribution in [0.4, 0.5) is 10.5 Å². The first kappa shape index (κ1) is 14.7. The Kier molecular flexibility index (Phi) is 5.68. The molecule has 5 heteroatoms. The Bertz CT molecular complexity index is 411. The molecule has 0 aliphatic carbocycles. The average Bonchev–Trinajstić information content (AvgIpc) is 2.95. The summed E-state index contributed by atoms with van der Waals surface area (Å²) in [6.45, 7) is 2.80. The van der Waals surface area contributed by atoms with E-state index in [1.807, 2.05) is 6.07 Å². The van der Waals surface area contributed by atoms with Crippen LogP contribution in [0.3, 0.4) is 0 Å². The number of para-hydroxylation sites is 1. The summed E-state index contributed by atoms with van der Waals surface area (Å²) < 4.78 is 4.89. The van der Waals surface area contributed by atoms with E-state index in [1.54, 1.807) is 7.11 Å². The van der Waals surface area contributed by atoms with Gasteiger partial charge in [-0.2, -0.15) is 0 Å². The van der Waals surface area contributed by atoms with Crippen molar-refractivity contribution in [2.45, 2.75) is 18.9 Å². The van der Waals surface area contributed by atoms with E-state index in [9.17, 15) is 4.79 Å². The molecule has 0 saturated carbocycles. The highest BCUT2D eigenvalue weighted by Gasteiger charge is 2.24. The first-order chi connectivity index (χ1) is 9.81. The van der Waals surface area contributed by atoms with Crippen LogP contribution < -0.4 is 15.5 Å². The van der Waals surface area contributed by atoms with Crippen LogP contribution in [0.5, 0.6) is 0 Å². The van der Waals surface area contributed by atoms with Gasteiger partial charge < -0.3 is 20.3 Å². The van der Waals surface area contributed by atoms with E-state index in [0.717, 1.165) is 13.0 Å². The van der Waals surface area contributed by atoms with Crippen molar-refractivity contribution >= 4 is 11.7 Å². The van der Waals surface area contributed by atoms with Crippen molar-refractivity contribution in [3.63, 3.8) is 0 Å². The van der Waals surface area contributed by atoms with E-state index in [1.165, 1.54) is 12.1 Å². The fraction of sp³-hybridized carbons (Fsp3) is 0.533. The number of nitrogens with one attached hydrogen (secondary N) is 2. The quantitative estimate of drug-likeness (QED) is 0.777. The lowest BCUT2D eigenvalue weighted by Gasteiger charge is -2.27. The molecule has 2 N–H and O–H groups in total. The molecule has 0 unspecified atom stereocenters. The molecule has 20 heavy (non-hydrogen) atoms. The number of methoxy groups -OCH3 is 1. The van der Waals surface area contributed by atoms with Crippen LogP contribution in [-0.2, 0) is 4.74 Å². The van der Waals surface area contributed by atoms with E-state index >= 15 is 0 Å². The maximum absolute atomic E-state index is 11.6. The Morgan fingerprint density at radius 1 is 1.35 bits per heavy atom. The zero-order chi connectivity index (χ0) is 14.2. The number of nitrogens with zero attached hydrogens (tertiary/aromatic N) is 1. The van der Waals surface area contributed by atoms with Gasteiger partial charge in [0, 0.05) is 38.5 Å². The number of rotatable bonds is 6. The summed E-state index contributed by atoms with van der Waals surface area (Å²) in [5.41, 5.74) is 1.23. The zero-order valence-electron chi connectivity index (χ0n) is 12.0. The molecule has 5 nitrogen and oxygen atoms in total. The second kappa shape index (κ2) is 7.75. The van der Waals surface area contributed by atoms with Gasteiger partial charge >= 0.3 is 6.03 Å². The molecule has 0 spiro atoms. The van der Waals surface area contributed by atoms with Crippen molar-refractivity contribution in [1.29, 1.82) is 0 Å². The third-order valence-corrected chi connectivity index (χ3v) is 3.55. The van der Waals surface area contributed by atoms with E-state index < -0.39 is 0 Å². The monoisotopic (exact) mass is 277 g/mol. The number of benzene rings is 1. The molecule has 0 aromatic heterocycles. The maximum atomic E-state index is 11.6. The summed E-state index contributed by atoms with van der Waals surface area (Å²) >= 11 is 0. The van der Waals surface area contributed by atoms with E-state index in [-0.39, 0.29) is 6.03 Å². The number of amides is 2. The van der Waals surface area contributed by atoms with Crippen LogP contribution in [-0.4, -0.2) is 45.4 Å². The highest BCUT2D eigenvalue weighted by Crippen LogP contribution is 2.24. The van der Waals surface area contributed by atoms with Gasteiger partial charge in [-0.15, -0.1) is 0 Å². The summed E-state index contributed by atoms with van der Waals surface area (Å²) in [6, 6.07) is 10.6. The number of hydrogen-bond donors (Lipinski definition) is 2. The van der Waals surface area contributed by atoms with Gasteiger partial charge in [0.25, 0.3) is 0 Å². The number of hydrogen-bond acceptors (Lipinski definition) is 3. The molecule has 0 bridgehead atoms. The lowest BCUT2D eigenvalue weighted by atomic mass is 10.2. The van der Waals surface area contributed by atoms with Gasteiger partial charge in [-0.25, -0.2) is 4.79 Å². The predicted molar refractivity (Wildman–Crippen MR) is 80.1 cm³/mol. The number of anilines is 1. The molecular formula is C15H23N3O2. The number of urea groups is 1. The zero-order valence-corrected chi connectivity index (χ0v) is 12.0. The molecule has 1 aliphatic rings. The Labute approximate surface area is 120 Å². The molecular weight excluding hydrogens is 254 g/mol. The molecule has 1 fully saturated rings. The molecule has 1 heterocycles. The summed E-state index contributed by atoms with van der Waals surface area (Å²) in [5, 5.41) is 5.70. The van der Waals surface area contributed by atoms with Gasteiger partial charge in [-0.3, -0.25) is 0 Å². The smallest absolute Gasteiger partial charge is 0.314 e. The van der Waals surface area contributed by atoms with E-state index in [0.29, 0.717) is 25.7 Å². The van der Waals surface area contributed by atoms with Crippen molar-refractivity contribution in [3.05, 3.63) is 30.3 Å². The second-order valence-corrected chi connectivity index (χ2v) is 4.95. The Balaban J connectivity index is 1.79. The third kappa shape index (κ3) is 4.13. The molecule has 110 valence electrons. The summed E-state index contributed by atoms with van der Waals surface area (Å²) in [6.07, 6.45) is 2.29. The topological polar surface area (TPSA) is 53.6 Å². The average molecular weight is 277 g/mol. The first-order valence-corrected chi connectivity index (χ1v) is 7.13. The molecule has 2 amide bonds. The fourth-order valence-electron chi connectivity index (χ4n) is 2.55. The van der Waals surface area contributed by atoms with Crippen LogP contribution >= 0.6 is 0 Å². The van der Waals surface area contributed by atoms with E-state index in [4.69, 9.17) is 4.74 Å². The Morgan fingerprint density at radius 3 is 2.90 bits per heavy atom. The van der Waals surface area contributed by atoms with Crippen LogP contribution in [0.25, 0.3) is 0 Å². The van der Waals surface area contributed by atoms with Crippen LogP contribution in [0.1, 0.15) is 12.8 Å². The summed E-state index contributed by atoms with van der Waals surface area (Å²) in [4.78, 5) is 14.0. The third-order valence-electron chi connectivity index (χ3n) is 3.55. The highest BCUT2D eigenvalue weighted by atomic mass is 16.5. The van der Waals surface area contributed by atoms with Crippen LogP contribution in [0.2, 0.25) is 0 Å². The Hall–Kier alpha value is -1.75. The van der Waals surface area contributed by atoms with Gasteiger partial charge in [-0.1, -0.05) is 18.2 Å². The number of carbonyl (C=O) groups excluding carboxylic acids is 1. The van der Waals surface area contributed by atoms with Gasteiger partial charge in [0.1, 0.15) is 0 Å². The standard InChI is InChI=1S/C15H23N3O2/c1-20-11-9-16-15(19)17-12-14-8-5-10-18(14)13-6-3-2-4-7-13/h2-4,6-7,14H,5,8-12H2,1H3,(H2,16,17,19)/t14-/m1/s1. The minimum atomic E-state index is -0.123. The van der Waals surface area contributed by atoms with Crippen LogP contribution in [0, 0.1) is 0 Å².